The molecule has 4 rings (SSSR count). The van der Waals surface area contributed by atoms with Gasteiger partial charge in [0.15, 0.2) is 11.5 Å². The molecule has 2 amide bonds. The molecule has 236 valence electrons. The standard InChI is InChI=1S/C27H23F6N3O5S3/c28-17-9-14(13-3-6-25(29,30)7-4-13)10-21(22(17)24(38)36-15-5-8-35-18(11-15)23(34)37)39-19-2-1-16(40-26(31,32)33)12-20(19)41-27(42,43)44/h1-2,5,8-13,42-44H,3-4,6-7H2,(H2,34,37)(H,35,36,38). The molecule has 0 radical (unpaired) electrons. The zero-order valence-electron chi connectivity index (χ0n) is 22.2. The van der Waals surface area contributed by atoms with Gasteiger partial charge in [-0.2, -0.15) is 0 Å². The molecule has 1 aliphatic rings. The van der Waals surface area contributed by atoms with Gasteiger partial charge in [0.05, 0.1) is 0 Å². The van der Waals surface area contributed by atoms with E-state index in [0.29, 0.717) is 0 Å². The second-order valence-corrected chi connectivity index (χ2v) is 12.6. The SMILES string of the molecule is NC(=O)c1cc(NC(=O)c2c(F)cc(C3CCC(F)(F)CC3)cc2Oc2ccc(OC(F)(F)F)cc2OC(S)(S)S)ccn1. The maximum Gasteiger partial charge on any atom is 0.573 e. The van der Waals surface area contributed by atoms with Gasteiger partial charge in [-0.1, -0.05) is 0 Å². The summed E-state index contributed by atoms with van der Waals surface area (Å²) in [5.74, 6) is -8.36. The van der Waals surface area contributed by atoms with E-state index in [-0.39, 0.29) is 35.5 Å². The summed E-state index contributed by atoms with van der Waals surface area (Å²) in [6.07, 6.45) is -4.71. The number of benzene rings is 2. The van der Waals surface area contributed by atoms with Crippen LogP contribution in [0.1, 0.15) is 58.0 Å². The number of nitrogens with two attached hydrogens (primary N) is 1. The Hall–Kier alpha value is -3.44. The summed E-state index contributed by atoms with van der Waals surface area (Å²) in [4.78, 5) is 28.6. The number of halogens is 6. The van der Waals surface area contributed by atoms with Crippen LogP contribution in [0.25, 0.3) is 0 Å². The van der Waals surface area contributed by atoms with Gasteiger partial charge in [-0.25, -0.2) is 13.2 Å². The maximum absolute atomic E-state index is 15.7. The number of nitrogens with zero attached hydrogens (tertiary/aromatic N) is 1. The van der Waals surface area contributed by atoms with Gasteiger partial charge in [0.1, 0.15) is 28.6 Å². The molecule has 0 spiro atoms. The average Bonchev–Trinajstić information content (AvgIpc) is 2.88. The number of amides is 2. The van der Waals surface area contributed by atoms with Crippen LogP contribution in [0.2, 0.25) is 0 Å². The summed E-state index contributed by atoms with van der Waals surface area (Å²) in [5, 5.41) is 2.40. The van der Waals surface area contributed by atoms with Crippen molar-refractivity contribution in [1.82, 2.24) is 4.98 Å². The van der Waals surface area contributed by atoms with E-state index in [4.69, 9.17) is 15.2 Å². The largest absolute Gasteiger partial charge is 0.573 e. The van der Waals surface area contributed by atoms with Gasteiger partial charge in [0.25, 0.3) is 11.8 Å². The topological polar surface area (TPSA) is 113 Å². The minimum absolute atomic E-state index is 0.0175. The summed E-state index contributed by atoms with van der Waals surface area (Å²) in [7, 11) is 0. The van der Waals surface area contributed by atoms with Gasteiger partial charge in [0.2, 0.25) is 9.52 Å². The van der Waals surface area contributed by atoms with Crippen molar-refractivity contribution in [3.63, 3.8) is 0 Å². The van der Waals surface area contributed by atoms with Crippen molar-refractivity contribution in [3.05, 3.63) is 71.3 Å². The number of carbonyl (C=O) groups is 2. The van der Waals surface area contributed by atoms with Crippen molar-refractivity contribution < 1.29 is 50.1 Å². The molecule has 44 heavy (non-hydrogen) atoms. The maximum atomic E-state index is 15.7. The molecule has 8 nitrogen and oxygen atoms in total. The number of primary amides is 1. The third-order valence-corrected chi connectivity index (χ3v) is 6.65. The van der Waals surface area contributed by atoms with Crippen LogP contribution in [0.5, 0.6) is 23.0 Å². The lowest BCUT2D eigenvalue weighted by Crippen LogP contribution is -2.24. The first-order chi connectivity index (χ1) is 20.4. The van der Waals surface area contributed by atoms with Gasteiger partial charge in [-0.15, -0.1) is 51.1 Å². The Morgan fingerprint density at radius 3 is 2.25 bits per heavy atom. The fourth-order valence-corrected chi connectivity index (χ4v) is 4.76. The van der Waals surface area contributed by atoms with Crippen LogP contribution in [0.15, 0.2) is 48.7 Å². The molecule has 1 saturated carbocycles. The number of hydrogen-bond donors (Lipinski definition) is 5. The van der Waals surface area contributed by atoms with E-state index in [1.165, 1.54) is 18.3 Å². The van der Waals surface area contributed by atoms with Crippen molar-refractivity contribution >= 4 is 55.4 Å². The normalized spacial score (nSPS) is 15.4. The first-order valence-corrected chi connectivity index (χ1v) is 14.0. The van der Waals surface area contributed by atoms with Crippen LogP contribution in [0, 0.1) is 5.82 Å². The quantitative estimate of drug-likeness (QED) is 0.0920. The van der Waals surface area contributed by atoms with Gasteiger partial charge >= 0.3 is 6.36 Å². The fraction of sp³-hybridized carbons (Fsp3) is 0.296. The second kappa shape index (κ2) is 12.9. The Morgan fingerprint density at radius 1 is 0.955 bits per heavy atom. The monoisotopic (exact) mass is 679 g/mol. The molecular weight excluding hydrogens is 657 g/mol. The Bertz CT molecular complexity index is 1560. The summed E-state index contributed by atoms with van der Waals surface area (Å²) >= 11 is 11.9. The minimum atomic E-state index is -5.06. The highest BCUT2D eigenvalue weighted by Gasteiger charge is 2.36. The van der Waals surface area contributed by atoms with Gasteiger partial charge < -0.3 is 25.3 Å². The number of thiol groups is 3. The molecule has 17 heteroatoms. The number of carbonyl (C=O) groups excluding carboxylic acids is 2. The first kappa shape index (κ1) is 33.5. The number of nitrogens with one attached hydrogen (secondary N) is 1. The van der Waals surface area contributed by atoms with E-state index in [1.807, 2.05) is 0 Å². The summed E-state index contributed by atoms with van der Waals surface area (Å²) in [6, 6.07) is 7.39. The lowest BCUT2D eigenvalue weighted by atomic mass is 9.82. The molecule has 0 aliphatic heterocycles. The predicted molar refractivity (Wildman–Crippen MR) is 157 cm³/mol. The van der Waals surface area contributed by atoms with E-state index >= 15 is 4.39 Å². The van der Waals surface area contributed by atoms with Crippen LogP contribution in [-0.2, 0) is 0 Å². The molecule has 1 aromatic heterocycles. The minimum Gasteiger partial charge on any atom is -0.455 e. The summed E-state index contributed by atoms with van der Waals surface area (Å²) in [5.41, 5.74) is 4.63. The molecule has 1 aliphatic carbocycles. The number of hydrogen-bond acceptors (Lipinski definition) is 9. The molecule has 0 atom stereocenters. The molecule has 3 N–H and O–H groups in total. The second-order valence-electron chi connectivity index (χ2n) is 9.69. The number of aromatic nitrogens is 1. The molecule has 1 heterocycles. The highest BCUT2D eigenvalue weighted by atomic mass is 32.2. The van der Waals surface area contributed by atoms with Crippen LogP contribution < -0.4 is 25.3 Å². The molecule has 1 fully saturated rings. The van der Waals surface area contributed by atoms with E-state index < -0.39 is 75.1 Å². The highest BCUT2D eigenvalue weighted by Crippen LogP contribution is 2.45. The van der Waals surface area contributed by atoms with Crippen LogP contribution in [0.4, 0.5) is 32.0 Å². The zero-order chi connectivity index (χ0) is 32.4. The highest BCUT2D eigenvalue weighted by molar-refractivity contribution is 8.16. The van der Waals surface area contributed by atoms with Gasteiger partial charge in [0, 0.05) is 30.8 Å². The molecular formula is C27H23F6N3O5S3. The summed E-state index contributed by atoms with van der Waals surface area (Å²) < 4.78 is 95.2. The smallest absolute Gasteiger partial charge is 0.455 e. The Morgan fingerprint density at radius 2 is 1.64 bits per heavy atom. The third-order valence-electron chi connectivity index (χ3n) is 6.38. The van der Waals surface area contributed by atoms with Crippen LogP contribution in [0.3, 0.4) is 0 Å². The predicted octanol–water partition coefficient (Wildman–Crippen LogP) is 7.34. The van der Waals surface area contributed by atoms with E-state index in [9.17, 15) is 31.5 Å². The molecule has 0 unspecified atom stereocenters. The zero-order valence-corrected chi connectivity index (χ0v) is 24.9. The number of rotatable bonds is 9. The lowest BCUT2D eigenvalue weighted by Gasteiger charge is -2.29. The molecule has 0 saturated heterocycles. The Labute approximate surface area is 262 Å². The van der Waals surface area contributed by atoms with Crippen molar-refractivity contribution in [2.45, 2.75) is 47.5 Å². The number of pyridine rings is 1. The van der Waals surface area contributed by atoms with Crippen molar-refractivity contribution in [3.8, 4) is 23.0 Å². The summed E-state index contributed by atoms with van der Waals surface area (Å²) in [6.45, 7) is 0. The van der Waals surface area contributed by atoms with E-state index in [2.05, 4.69) is 52.9 Å². The average molecular weight is 680 g/mol. The fourth-order valence-electron chi connectivity index (χ4n) is 4.46. The number of alkyl halides is 5. The Balaban J connectivity index is 1.78. The first-order valence-electron chi connectivity index (χ1n) is 12.6. The lowest BCUT2D eigenvalue weighted by molar-refractivity contribution is -0.274. The molecule has 3 aromatic rings. The third kappa shape index (κ3) is 9.04. The van der Waals surface area contributed by atoms with Crippen LogP contribution in [-0.4, -0.2) is 32.7 Å². The van der Waals surface area contributed by atoms with Crippen LogP contribution >= 0.6 is 37.9 Å². The van der Waals surface area contributed by atoms with E-state index in [1.54, 1.807) is 0 Å². The molecule has 2 aromatic carbocycles. The van der Waals surface area contributed by atoms with Crippen molar-refractivity contribution in [2.24, 2.45) is 5.73 Å². The van der Waals surface area contributed by atoms with Crippen molar-refractivity contribution in [1.29, 1.82) is 0 Å². The van der Waals surface area contributed by atoms with Gasteiger partial charge in [-0.3, -0.25) is 14.6 Å². The van der Waals surface area contributed by atoms with Gasteiger partial charge in [-0.05, 0) is 60.7 Å². The number of ether oxygens (including phenoxy) is 3. The Kier molecular flexibility index (Phi) is 9.80. The number of anilines is 1. The van der Waals surface area contributed by atoms with E-state index in [0.717, 1.165) is 30.3 Å². The molecule has 0 bridgehead atoms. The van der Waals surface area contributed by atoms with Crippen molar-refractivity contribution in [2.75, 3.05) is 5.32 Å².